The van der Waals surface area contributed by atoms with Gasteiger partial charge in [0.2, 0.25) is 0 Å². The summed E-state index contributed by atoms with van der Waals surface area (Å²) in [6.07, 6.45) is 1.88. The van der Waals surface area contributed by atoms with Crippen LogP contribution in [0, 0.1) is 0 Å². The standard InChI is InChI=1S/C15H21N2O5P/c1-4-20-15(18)14-10-13-9-12(7-8-17(13)16-14)11-23(19,21-5-2)22-6-3/h7-10H,4-6,11H2,1-3H3. The summed E-state index contributed by atoms with van der Waals surface area (Å²) in [7, 11) is -3.16. The van der Waals surface area contributed by atoms with Crippen molar-refractivity contribution in [3.8, 4) is 0 Å². The van der Waals surface area contributed by atoms with Crippen LogP contribution in [0.5, 0.6) is 0 Å². The number of carbonyl (C=O) groups excluding carboxylic acids is 1. The molecule has 0 radical (unpaired) electrons. The molecule has 0 fully saturated rings. The molecule has 8 heteroatoms. The molecule has 0 N–H and O–H groups in total. The lowest BCUT2D eigenvalue weighted by Crippen LogP contribution is -2.05. The van der Waals surface area contributed by atoms with E-state index >= 15 is 0 Å². The van der Waals surface area contributed by atoms with E-state index in [2.05, 4.69) is 5.10 Å². The summed E-state index contributed by atoms with van der Waals surface area (Å²) in [4.78, 5) is 11.7. The smallest absolute Gasteiger partial charge is 0.358 e. The molecule has 126 valence electrons. The van der Waals surface area contributed by atoms with Crippen molar-refractivity contribution in [1.29, 1.82) is 0 Å². The molecule has 0 bridgehead atoms. The van der Waals surface area contributed by atoms with Crippen LogP contribution in [0.2, 0.25) is 0 Å². The van der Waals surface area contributed by atoms with Gasteiger partial charge < -0.3 is 13.8 Å². The van der Waals surface area contributed by atoms with Crippen LogP contribution in [0.1, 0.15) is 36.8 Å². The molecule has 0 atom stereocenters. The third-order valence-electron chi connectivity index (χ3n) is 3.04. The summed E-state index contributed by atoms with van der Waals surface area (Å²) >= 11 is 0. The third-order valence-corrected chi connectivity index (χ3v) is 5.10. The first-order chi connectivity index (χ1) is 11.0. The van der Waals surface area contributed by atoms with Gasteiger partial charge >= 0.3 is 13.6 Å². The molecule has 0 aromatic carbocycles. The van der Waals surface area contributed by atoms with Gasteiger partial charge in [0.05, 0.1) is 31.5 Å². The van der Waals surface area contributed by atoms with Gasteiger partial charge in [0, 0.05) is 6.20 Å². The maximum Gasteiger partial charge on any atom is 0.358 e. The maximum absolute atomic E-state index is 12.6. The molecular weight excluding hydrogens is 319 g/mol. The van der Waals surface area contributed by atoms with Crippen molar-refractivity contribution in [2.45, 2.75) is 26.9 Å². The summed E-state index contributed by atoms with van der Waals surface area (Å²) in [6.45, 7) is 6.22. The van der Waals surface area contributed by atoms with Crippen LogP contribution in [-0.2, 0) is 24.5 Å². The average Bonchev–Trinajstić information content (AvgIpc) is 2.91. The van der Waals surface area contributed by atoms with Crippen LogP contribution in [0.3, 0.4) is 0 Å². The highest BCUT2D eigenvalue weighted by atomic mass is 31.2. The molecule has 0 aliphatic heterocycles. The molecule has 0 saturated heterocycles. The van der Waals surface area contributed by atoms with E-state index in [1.807, 2.05) is 0 Å². The Morgan fingerprint density at radius 3 is 2.48 bits per heavy atom. The van der Waals surface area contributed by atoms with Crippen molar-refractivity contribution in [1.82, 2.24) is 9.61 Å². The SMILES string of the molecule is CCOC(=O)c1cc2cc(CP(=O)(OCC)OCC)ccn2n1. The highest BCUT2D eigenvalue weighted by Crippen LogP contribution is 2.51. The van der Waals surface area contributed by atoms with Crippen molar-refractivity contribution in [2.75, 3.05) is 19.8 Å². The molecule has 0 amide bonds. The third kappa shape index (κ3) is 4.41. The van der Waals surface area contributed by atoms with Gasteiger partial charge in [-0.3, -0.25) is 4.57 Å². The normalized spacial score (nSPS) is 11.8. The van der Waals surface area contributed by atoms with E-state index in [4.69, 9.17) is 13.8 Å². The van der Waals surface area contributed by atoms with E-state index in [1.54, 1.807) is 49.7 Å². The first kappa shape index (κ1) is 17.7. The predicted molar refractivity (Wildman–Crippen MR) is 85.7 cm³/mol. The molecule has 2 aromatic heterocycles. The fourth-order valence-electron chi connectivity index (χ4n) is 2.19. The van der Waals surface area contributed by atoms with Crippen molar-refractivity contribution in [3.63, 3.8) is 0 Å². The maximum atomic E-state index is 12.6. The first-order valence-corrected chi connectivity index (χ1v) is 9.27. The van der Waals surface area contributed by atoms with Gasteiger partial charge in [0.25, 0.3) is 0 Å². The zero-order valence-corrected chi connectivity index (χ0v) is 14.4. The van der Waals surface area contributed by atoms with E-state index in [-0.39, 0.29) is 11.9 Å². The number of aromatic nitrogens is 2. The molecule has 0 aliphatic carbocycles. The Bertz CT molecular complexity index is 718. The molecular formula is C15H21N2O5P. The van der Waals surface area contributed by atoms with Gasteiger partial charge in [-0.1, -0.05) is 0 Å². The van der Waals surface area contributed by atoms with Gasteiger partial charge in [0.1, 0.15) is 0 Å². The minimum Gasteiger partial charge on any atom is -0.461 e. The van der Waals surface area contributed by atoms with E-state index in [0.29, 0.717) is 25.3 Å². The number of ether oxygens (including phenoxy) is 1. The second-order valence-electron chi connectivity index (χ2n) is 4.76. The number of nitrogens with zero attached hydrogens (tertiary/aromatic N) is 2. The Labute approximate surface area is 135 Å². The first-order valence-electron chi connectivity index (χ1n) is 7.55. The van der Waals surface area contributed by atoms with Crippen LogP contribution >= 0.6 is 7.60 Å². The van der Waals surface area contributed by atoms with E-state index < -0.39 is 13.6 Å². The van der Waals surface area contributed by atoms with Crippen LogP contribution < -0.4 is 0 Å². The zero-order valence-electron chi connectivity index (χ0n) is 13.5. The zero-order chi connectivity index (χ0) is 16.9. The largest absolute Gasteiger partial charge is 0.461 e. The number of pyridine rings is 1. The van der Waals surface area contributed by atoms with Crippen molar-refractivity contribution >= 4 is 19.1 Å². The Kier molecular flexibility index (Phi) is 5.93. The minimum atomic E-state index is -3.16. The Hall–Kier alpha value is -1.69. The van der Waals surface area contributed by atoms with Crippen molar-refractivity contribution in [2.24, 2.45) is 0 Å². The molecule has 23 heavy (non-hydrogen) atoms. The van der Waals surface area contributed by atoms with Crippen LogP contribution in [-0.4, -0.2) is 35.4 Å². The molecule has 2 rings (SSSR count). The van der Waals surface area contributed by atoms with Gasteiger partial charge in [0.15, 0.2) is 5.69 Å². The Morgan fingerprint density at radius 1 is 1.17 bits per heavy atom. The number of esters is 1. The average molecular weight is 340 g/mol. The van der Waals surface area contributed by atoms with E-state index in [0.717, 1.165) is 5.56 Å². The van der Waals surface area contributed by atoms with Gasteiger partial charge in [-0.25, -0.2) is 9.31 Å². The molecule has 0 aliphatic rings. The fourth-order valence-corrected chi connectivity index (χ4v) is 3.88. The second kappa shape index (κ2) is 7.73. The van der Waals surface area contributed by atoms with Crippen LogP contribution in [0.4, 0.5) is 0 Å². The summed E-state index contributed by atoms with van der Waals surface area (Å²) in [5.74, 6) is -0.466. The summed E-state index contributed by atoms with van der Waals surface area (Å²) < 4.78 is 29.7. The molecule has 0 saturated carbocycles. The minimum absolute atomic E-state index is 0.172. The lowest BCUT2D eigenvalue weighted by Gasteiger charge is -2.16. The Balaban J connectivity index is 2.25. The highest BCUT2D eigenvalue weighted by molar-refractivity contribution is 7.53. The van der Waals surface area contributed by atoms with Gasteiger partial charge in [-0.15, -0.1) is 0 Å². The molecule has 2 aromatic rings. The van der Waals surface area contributed by atoms with Crippen molar-refractivity contribution < 1.29 is 23.1 Å². The number of fused-ring (bicyclic) bond motifs is 1. The number of hydrogen-bond acceptors (Lipinski definition) is 6. The number of hydrogen-bond donors (Lipinski definition) is 0. The molecule has 7 nitrogen and oxygen atoms in total. The van der Waals surface area contributed by atoms with Crippen LogP contribution in [0.25, 0.3) is 5.52 Å². The lowest BCUT2D eigenvalue weighted by atomic mass is 10.2. The monoisotopic (exact) mass is 340 g/mol. The predicted octanol–water partition coefficient (Wildman–Crippen LogP) is 3.28. The second-order valence-corrected chi connectivity index (χ2v) is 6.81. The number of carbonyl (C=O) groups is 1. The molecule has 2 heterocycles. The van der Waals surface area contributed by atoms with Gasteiger partial charge in [-0.05, 0) is 44.5 Å². The Morgan fingerprint density at radius 2 is 1.87 bits per heavy atom. The molecule has 0 spiro atoms. The van der Waals surface area contributed by atoms with E-state index in [9.17, 15) is 9.36 Å². The quantitative estimate of drug-likeness (QED) is 0.542. The van der Waals surface area contributed by atoms with Crippen LogP contribution in [0.15, 0.2) is 24.4 Å². The number of rotatable bonds is 8. The fraction of sp³-hybridized carbons (Fsp3) is 0.467. The summed E-state index contributed by atoms with van der Waals surface area (Å²) in [6, 6.07) is 5.22. The van der Waals surface area contributed by atoms with Gasteiger partial charge in [-0.2, -0.15) is 5.10 Å². The van der Waals surface area contributed by atoms with Crippen molar-refractivity contribution in [3.05, 3.63) is 35.7 Å². The molecule has 0 unspecified atom stereocenters. The summed E-state index contributed by atoms with van der Waals surface area (Å²) in [5, 5.41) is 4.15. The van der Waals surface area contributed by atoms with E-state index in [1.165, 1.54) is 0 Å². The topological polar surface area (TPSA) is 79.1 Å². The highest BCUT2D eigenvalue weighted by Gasteiger charge is 2.24. The summed E-state index contributed by atoms with van der Waals surface area (Å²) in [5.41, 5.74) is 1.74. The lowest BCUT2D eigenvalue weighted by molar-refractivity contribution is 0.0519.